The van der Waals surface area contributed by atoms with Crippen molar-refractivity contribution in [3.8, 4) is 0 Å². The smallest absolute Gasteiger partial charge is 0.252 e. The summed E-state index contributed by atoms with van der Waals surface area (Å²) in [5.41, 5.74) is 6.72. The van der Waals surface area contributed by atoms with E-state index in [0.717, 1.165) is 5.82 Å². The summed E-state index contributed by atoms with van der Waals surface area (Å²) in [5.74, 6) is 2.14. The molecule has 0 spiro atoms. The molecular weight excluding hydrogens is 190 g/mol. The number of hydrogen-bond donors (Lipinski definition) is 1. The van der Waals surface area contributed by atoms with Crippen molar-refractivity contribution >= 4 is 5.78 Å². The van der Waals surface area contributed by atoms with Crippen LogP contribution in [0, 0.1) is 0 Å². The van der Waals surface area contributed by atoms with E-state index < -0.39 is 0 Å². The third kappa shape index (κ3) is 1.48. The second-order valence-electron chi connectivity index (χ2n) is 3.92. The van der Waals surface area contributed by atoms with Gasteiger partial charge in [-0.2, -0.15) is 4.98 Å². The van der Waals surface area contributed by atoms with E-state index in [1.54, 1.807) is 0 Å². The first-order chi connectivity index (χ1) is 7.38. The van der Waals surface area contributed by atoms with Crippen molar-refractivity contribution in [1.29, 1.82) is 0 Å². The maximum atomic E-state index is 5.48. The van der Waals surface area contributed by atoms with Crippen molar-refractivity contribution < 1.29 is 0 Å². The van der Waals surface area contributed by atoms with Crippen molar-refractivity contribution in [1.82, 2.24) is 19.6 Å². The fourth-order valence-corrected chi connectivity index (χ4v) is 1.78. The number of nitrogens with two attached hydrogens (primary N) is 1. The van der Waals surface area contributed by atoms with Gasteiger partial charge in [0.05, 0.1) is 5.69 Å². The topological polar surface area (TPSA) is 69.1 Å². The molecule has 0 unspecified atom stereocenters. The molecule has 78 valence electrons. The minimum atomic E-state index is 0.579. The van der Waals surface area contributed by atoms with Crippen LogP contribution < -0.4 is 5.73 Å². The predicted molar refractivity (Wildman–Crippen MR) is 55.5 cm³/mol. The van der Waals surface area contributed by atoms with E-state index >= 15 is 0 Å². The van der Waals surface area contributed by atoms with Crippen molar-refractivity contribution in [2.45, 2.75) is 25.2 Å². The summed E-state index contributed by atoms with van der Waals surface area (Å²) in [6.45, 7) is 0.579. The van der Waals surface area contributed by atoms with Crippen molar-refractivity contribution in [3.05, 3.63) is 23.8 Å². The van der Waals surface area contributed by atoms with Crippen molar-refractivity contribution in [2.24, 2.45) is 5.73 Å². The zero-order valence-electron chi connectivity index (χ0n) is 8.43. The van der Waals surface area contributed by atoms with E-state index in [-0.39, 0.29) is 0 Å². The Morgan fingerprint density at radius 2 is 2.33 bits per heavy atom. The molecule has 0 radical (unpaired) electrons. The van der Waals surface area contributed by atoms with Crippen LogP contribution in [0.3, 0.4) is 0 Å². The lowest BCUT2D eigenvalue weighted by Crippen LogP contribution is -2.04. The van der Waals surface area contributed by atoms with E-state index in [4.69, 9.17) is 5.73 Å². The molecule has 3 rings (SSSR count). The minimum Gasteiger partial charge on any atom is -0.330 e. The van der Waals surface area contributed by atoms with Gasteiger partial charge in [0.15, 0.2) is 5.82 Å². The van der Waals surface area contributed by atoms with E-state index in [1.807, 2.05) is 16.8 Å². The molecule has 2 N–H and O–H groups in total. The minimum absolute atomic E-state index is 0.579. The lowest BCUT2D eigenvalue weighted by Gasteiger charge is -1.98. The zero-order chi connectivity index (χ0) is 10.3. The maximum absolute atomic E-state index is 5.48. The molecule has 0 atom stereocenters. The number of aromatic nitrogens is 4. The van der Waals surface area contributed by atoms with Gasteiger partial charge in [-0.3, -0.25) is 0 Å². The Kier molecular flexibility index (Phi) is 1.92. The fourth-order valence-electron chi connectivity index (χ4n) is 1.78. The fraction of sp³-hybridized carbons (Fsp3) is 0.500. The average molecular weight is 203 g/mol. The van der Waals surface area contributed by atoms with Crippen LogP contribution in [-0.2, 0) is 6.42 Å². The largest absolute Gasteiger partial charge is 0.330 e. The molecule has 2 aromatic rings. The first kappa shape index (κ1) is 8.79. The van der Waals surface area contributed by atoms with Gasteiger partial charge in [-0.15, -0.1) is 5.10 Å². The van der Waals surface area contributed by atoms with Crippen LogP contribution in [0.2, 0.25) is 0 Å². The molecule has 0 aromatic carbocycles. The Labute approximate surface area is 87.3 Å². The number of nitrogens with zero attached hydrogens (tertiary/aromatic N) is 4. The molecule has 0 aliphatic heterocycles. The quantitative estimate of drug-likeness (QED) is 0.788. The van der Waals surface area contributed by atoms with Gasteiger partial charge >= 0.3 is 0 Å². The van der Waals surface area contributed by atoms with Crippen molar-refractivity contribution in [3.63, 3.8) is 0 Å². The van der Waals surface area contributed by atoms with Crippen LogP contribution in [0.15, 0.2) is 12.3 Å². The Hall–Kier alpha value is -1.49. The predicted octanol–water partition coefficient (Wildman–Crippen LogP) is 0.503. The molecule has 0 amide bonds. The Balaban J connectivity index is 2.11. The van der Waals surface area contributed by atoms with Gasteiger partial charge in [-0.25, -0.2) is 9.50 Å². The molecule has 1 fully saturated rings. The van der Waals surface area contributed by atoms with Gasteiger partial charge < -0.3 is 5.73 Å². The molecule has 2 aromatic heterocycles. The normalized spacial score (nSPS) is 16.1. The van der Waals surface area contributed by atoms with Gasteiger partial charge in [0.25, 0.3) is 5.78 Å². The molecule has 5 nitrogen and oxygen atoms in total. The monoisotopic (exact) mass is 203 g/mol. The summed E-state index contributed by atoms with van der Waals surface area (Å²) in [7, 11) is 0. The van der Waals surface area contributed by atoms with E-state index in [2.05, 4.69) is 15.1 Å². The number of fused-ring (bicyclic) bond motifs is 1. The van der Waals surface area contributed by atoms with Gasteiger partial charge in [0.2, 0.25) is 0 Å². The second-order valence-corrected chi connectivity index (χ2v) is 3.92. The van der Waals surface area contributed by atoms with Crippen LogP contribution in [0.1, 0.15) is 30.3 Å². The molecule has 0 bridgehead atoms. The molecule has 5 heteroatoms. The summed E-state index contributed by atoms with van der Waals surface area (Å²) < 4.78 is 1.86. The molecule has 2 heterocycles. The second kappa shape index (κ2) is 3.27. The summed E-state index contributed by atoms with van der Waals surface area (Å²) in [6.07, 6.45) is 5.04. The summed E-state index contributed by atoms with van der Waals surface area (Å²) in [4.78, 5) is 8.54. The van der Waals surface area contributed by atoms with Gasteiger partial charge in [-0.05, 0) is 25.5 Å². The summed E-state index contributed by atoms with van der Waals surface area (Å²) in [6, 6.07) is 2.03. The standard InChI is InChI=1S/C10H13N5/c11-5-3-9-13-10-12-6-4-8(7-1-2-7)15(10)14-9/h4,6-7H,1-3,5,11H2. The SMILES string of the molecule is NCCc1nc2nccc(C3CC3)n2n1. The Morgan fingerprint density at radius 3 is 3.07 bits per heavy atom. The highest BCUT2D eigenvalue weighted by molar-refractivity contribution is 5.31. The third-order valence-corrected chi connectivity index (χ3v) is 2.68. The van der Waals surface area contributed by atoms with Gasteiger partial charge in [-0.1, -0.05) is 0 Å². The van der Waals surface area contributed by atoms with E-state index in [1.165, 1.54) is 18.5 Å². The maximum Gasteiger partial charge on any atom is 0.252 e. The molecule has 15 heavy (non-hydrogen) atoms. The zero-order valence-corrected chi connectivity index (χ0v) is 8.43. The third-order valence-electron chi connectivity index (χ3n) is 2.68. The van der Waals surface area contributed by atoms with E-state index in [9.17, 15) is 0 Å². The van der Waals surface area contributed by atoms with Crippen LogP contribution in [-0.4, -0.2) is 26.1 Å². The number of hydrogen-bond acceptors (Lipinski definition) is 4. The average Bonchev–Trinajstić information content (AvgIpc) is 2.98. The summed E-state index contributed by atoms with van der Waals surface area (Å²) in [5, 5.41) is 4.43. The first-order valence-corrected chi connectivity index (χ1v) is 5.29. The van der Waals surface area contributed by atoms with Gasteiger partial charge in [0, 0.05) is 18.5 Å². The van der Waals surface area contributed by atoms with Crippen LogP contribution in [0.25, 0.3) is 5.78 Å². The van der Waals surface area contributed by atoms with E-state index in [0.29, 0.717) is 24.7 Å². The van der Waals surface area contributed by atoms with Crippen LogP contribution in [0.4, 0.5) is 0 Å². The molecule has 1 aliphatic carbocycles. The molecule has 0 saturated heterocycles. The molecular formula is C10H13N5. The highest BCUT2D eigenvalue weighted by atomic mass is 15.3. The van der Waals surface area contributed by atoms with Gasteiger partial charge in [0.1, 0.15) is 0 Å². The number of rotatable bonds is 3. The summed E-state index contributed by atoms with van der Waals surface area (Å²) >= 11 is 0. The highest BCUT2D eigenvalue weighted by Gasteiger charge is 2.26. The van der Waals surface area contributed by atoms with Crippen LogP contribution in [0.5, 0.6) is 0 Å². The lowest BCUT2D eigenvalue weighted by atomic mass is 10.3. The lowest BCUT2D eigenvalue weighted by molar-refractivity contribution is 0.800. The highest BCUT2D eigenvalue weighted by Crippen LogP contribution is 2.39. The molecule has 1 saturated carbocycles. The first-order valence-electron chi connectivity index (χ1n) is 5.29. The van der Waals surface area contributed by atoms with Crippen molar-refractivity contribution in [2.75, 3.05) is 6.54 Å². The van der Waals surface area contributed by atoms with Crippen LogP contribution >= 0.6 is 0 Å². The Bertz CT molecular complexity index is 486. The molecule has 1 aliphatic rings. The Morgan fingerprint density at radius 1 is 1.47 bits per heavy atom.